The third-order valence-corrected chi connectivity index (χ3v) is 5.73. The van der Waals surface area contributed by atoms with Crippen LogP contribution in [-0.4, -0.2) is 32.7 Å². The summed E-state index contributed by atoms with van der Waals surface area (Å²) in [5, 5.41) is 12.7. The molecule has 2 amide bonds. The van der Waals surface area contributed by atoms with Crippen LogP contribution >= 0.6 is 0 Å². The maximum absolute atomic E-state index is 13.4. The number of likely N-dealkylation sites (tertiary alicyclic amines) is 1. The van der Waals surface area contributed by atoms with Crippen molar-refractivity contribution in [2.75, 3.05) is 5.06 Å². The Labute approximate surface area is 183 Å². The monoisotopic (exact) mass is 430 g/mol. The van der Waals surface area contributed by atoms with Crippen molar-refractivity contribution in [1.82, 2.24) is 9.88 Å². The molecule has 0 N–H and O–H groups in total. The number of rotatable bonds is 5. The number of carbonyl (C=O) groups excluding carboxylic acids is 2. The van der Waals surface area contributed by atoms with Gasteiger partial charge in [0.1, 0.15) is 5.92 Å². The minimum Gasteiger partial charge on any atom is -0.275 e. The van der Waals surface area contributed by atoms with Gasteiger partial charge in [0, 0.05) is 24.5 Å². The number of pyridine rings is 1. The third kappa shape index (κ3) is 3.28. The molecule has 5 rings (SSSR count). The molecule has 0 saturated carbocycles. The standard InChI is InChI=1S/C23H18N4O5/c28-22-19-20(16-9-11-24-12-10-16)26(17-7-4-8-18(13-17)27(30)31)32-21(19)23(29)25(22)14-15-5-2-1-3-6-15/h1-13,19-21H,14H2. The number of hydroxylamine groups is 1. The number of nitrogens with zero attached hydrogens (tertiary/aromatic N) is 4. The highest BCUT2D eigenvalue weighted by Gasteiger charge is 2.59. The van der Waals surface area contributed by atoms with Crippen LogP contribution in [0.3, 0.4) is 0 Å². The minimum atomic E-state index is -1.01. The molecule has 1 aromatic heterocycles. The molecule has 2 aliphatic heterocycles. The first-order chi connectivity index (χ1) is 15.5. The van der Waals surface area contributed by atoms with Gasteiger partial charge in [0.25, 0.3) is 11.6 Å². The Morgan fingerprint density at radius 3 is 2.44 bits per heavy atom. The average molecular weight is 430 g/mol. The number of non-ortho nitro benzene ring substituents is 1. The van der Waals surface area contributed by atoms with E-state index in [2.05, 4.69) is 4.98 Å². The summed E-state index contributed by atoms with van der Waals surface area (Å²) in [4.78, 5) is 48.6. The third-order valence-electron chi connectivity index (χ3n) is 5.73. The summed E-state index contributed by atoms with van der Waals surface area (Å²) in [6.45, 7) is 0.161. The number of anilines is 1. The van der Waals surface area contributed by atoms with Gasteiger partial charge < -0.3 is 0 Å². The maximum atomic E-state index is 13.4. The second-order valence-electron chi connectivity index (χ2n) is 7.63. The summed E-state index contributed by atoms with van der Waals surface area (Å²) in [5.41, 5.74) is 1.84. The molecule has 0 spiro atoms. The maximum Gasteiger partial charge on any atom is 0.271 e. The van der Waals surface area contributed by atoms with Crippen LogP contribution in [0.5, 0.6) is 0 Å². The molecular weight excluding hydrogens is 412 g/mol. The predicted octanol–water partition coefficient (Wildman–Crippen LogP) is 3.04. The fourth-order valence-corrected chi connectivity index (χ4v) is 4.26. The van der Waals surface area contributed by atoms with Gasteiger partial charge in [-0.2, -0.15) is 0 Å². The molecule has 3 unspecified atom stereocenters. The van der Waals surface area contributed by atoms with Gasteiger partial charge >= 0.3 is 0 Å². The number of benzene rings is 2. The van der Waals surface area contributed by atoms with Crippen LogP contribution < -0.4 is 5.06 Å². The zero-order valence-corrected chi connectivity index (χ0v) is 16.8. The molecule has 0 bridgehead atoms. The molecule has 2 aliphatic rings. The van der Waals surface area contributed by atoms with E-state index in [0.717, 1.165) is 11.1 Å². The van der Waals surface area contributed by atoms with E-state index in [1.165, 1.54) is 22.1 Å². The number of nitro groups is 1. The van der Waals surface area contributed by atoms with Crippen LogP contribution in [0.25, 0.3) is 0 Å². The zero-order valence-electron chi connectivity index (χ0n) is 16.8. The van der Waals surface area contributed by atoms with Crippen molar-refractivity contribution in [3.63, 3.8) is 0 Å². The molecule has 0 aliphatic carbocycles. The molecule has 0 radical (unpaired) electrons. The van der Waals surface area contributed by atoms with E-state index in [1.807, 2.05) is 30.3 Å². The molecule has 2 aromatic carbocycles. The Morgan fingerprint density at radius 2 is 1.72 bits per heavy atom. The lowest BCUT2D eigenvalue weighted by Crippen LogP contribution is -2.37. The van der Waals surface area contributed by atoms with Gasteiger partial charge in [-0.15, -0.1) is 0 Å². The Balaban J connectivity index is 1.53. The highest BCUT2D eigenvalue weighted by molar-refractivity contribution is 6.07. The molecule has 32 heavy (non-hydrogen) atoms. The fourth-order valence-electron chi connectivity index (χ4n) is 4.26. The van der Waals surface area contributed by atoms with Crippen LogP contribution in [0.2, 0.25) is 0 Å². The van der Waals surface area contributed by atoms with Crippen molar-refractivity contribution >= 4 is 23.2 Å². The molecule has 2 saturated heterocycles. The lowest BCUT2D eigenvalue weighted by atomic mass is 9.91. The Morgan fingerprint density at radius 1 is 0.969 bits per heavy atom. The van der Waals surface area contributed by atoms with Crippen molar-refractivity contribution in [3.8, 4) is 0 Å². The van der Waals surface area contributed by atoms with Crippen LogP contribution in [0, 0.1) is 16.0 Å². The number of fused-ring (bicyclic) bond motifs is 1. The quantitative estimate of drug-likeness (QED) is 0.348. The van der Waals surface area contributed by atoms with E-state index >= 15 is 0 Å². The van der Waals surface area contributed by atoms with E-state index in [4.69, 9.17) is 4.84 Å². The number of hydrogen-bond donors (Lipinski definition) is 0. The first-order valence-electron chi connectivity index (χ1n) is 10.0. The molecular formula is C23H18N4O5. The number of imide groups is 1. The Bertz CT molecular complexity index is 1190. The van der Waals surface area contributed by atoms with Gasteiger partial charge in [-0.25, -0.2) is 5.06 Å². The second kappa shape index (κ2) is 7.86. The van der Waals surface area contributed by atoms with Gasteiger partial charge in [0.2, 0.25) is 5.91 Å². The molecule has 3 heterocycles. The second-order valence-corrected chi connectivity index (χ2v) is 7.63. The van der Waals surface area contributed by atoms with E-state index in [0.29, 0.717) is 5.69 Å². The number of carbonyl (C=O) groups is 2. The first-order valence-corrected chi connectivity index (χ1v) is 10.0. The van der Waals surface area contributed by atoms with Crippen molar-refractivity contribution in [2.24, 2.45) is 5.92 Å². The topological polar surface area (TPSA) is 106 Å². The zero-order chi connectivity index (χ0) is 22.2. The lowest BCUT2D eigenvalue weighted by molar-refractivity contribution is -0.384. The van der Waals surface area contributed by atoms with Gasteiger partial charge in [-0.3, -0.25) is 34.4 Å². The van der Waals surface area contributed by atoms with Gasteiger partial charge in [-0.1, -0.05) is 36.4 Å². The van der Waals surface area contributed by atoms with Crippen molar-refractivity contribution < 1.29 is 19.3 Å². The van der Waals surface area contributed by atoms with Gasteiger partial charge in [0.15, 0.2) is 6.10 Å². The first kappa shape index (κ1) is 19.8. The van der Waals surface area contributed by atoms with Crippen molar-refractivity contribution in [1.29, 1.82) is 0 Å². The summed E-state index contributed by atoms with van der Waals surface area (Å²) in [5.74, 6) is -1.54. The van der Waals surface area contributed by atoms with E-state index in [-0.39, 0.29) is 18.1 Å². The van der Waals surface area contributed by atoms with Crippen LogP contribution in [0.15, 0.2) is 79.1 Å². The summed E-state index contributed by atoms with van der Waals surface area (Å²) >= 11 is 0. The summed E-state index contributed by atoms with van der Waals surface area (Å²) in [6.07, 6.45) is 2.18. The number of aromatic nitrogens is 1. The van der Waals surface area contributed by atoms with Crippen molar-refractivity contribution in [3.05, 3.63) is 100 Å². The number of hydrogen-bond acceptors (Lipinski definition) is 7. The summed E-state index contributed by atoms with van der Waals surface area (Å²) < 4.78 is 0. The van der Waals surface area contributed by atoms with Crippen molar-refractivity contribution in [2.45, 2.75) is 18.7 Å². The van der Waals surface area contributed by atoms with E-state index in [1.54, 1.807) is 36.7 Å². The average Bonchev–Trinajstić information content (AvgIpc) is 3.32. The van der Waals surface area contributed by atoms with Crippen LogP contribution in [0.4, 0.5) is 11.4 Å². The lowest BCUT2D eigenvalue weighted by Gasteiger charge is -2.28. The highest BCUT2D eigenvalue weighted by atomic mass is 16.7. The fraction of sp³-hybridized carbons (Fsp3) is 0.174. The Kier molecular flexibility index (Phi) is 4.87. The van der Waals surface area contributed by atoms with Crippen LogP contribution in [0.1, 0.15) is 17.2 Å². The Hall–Kier alpha value is -4.11. The van der Waals surface area contributed by atoms with E-state index < -0.39 is 28.9 Å². The minimum absolute atomic E-state index is 0.111. The number of amides is 2. The SMILES string of the molecule is O=C1C2ON(c3cccc([N+](=O)[O-])c3)C(c3ccncc3)C2C(=O)N1Cc1ccccc1. The van der Waals surface area contributed by atoms with E-state index in [9.17, 15) is 19.7 Å². The largest absolute Gasteiger partial charge is 0.275 e. The molecule has 3 aromatic rings. The molecule has 3 atom stereocenters. The summed E-state index contributed by atoms with van der Waals surface area (Å²) in [7, 11) is 0. The van der Waals surface area contributed by atoms with Gasteiger partial charge in [-0.05, 0) is 29.3 Å². The molecule has 160 valence electrons. The van der Waals surface area contributed by atoms with Crippen LogP contribution in [-0.2, 0) is 21.0 Å². The molecule has 9 heteroatoms. The molecule has 2 fully saturated rings. The predicted molar refractivity (Wildman–Crippen MR) is 113 cm³/mol. The smallest absolute Gasteiger partial charge is 0.271 e. The highest BCUT2D eigenvalue weighted by Crippen LogP contribution is 2.47. The normalized spacial score (nSPS) is 22.3. The van der Waals surface area contributed by atoms with Gasteiger partial charge in [0.05, 0.1) is 23.2 Å². The molecule has 9 nitrogen and oxygen atoms in total. The number of nitro benzene ring substituents is 1. The summed E-state index contributed by atoms with van der Waals surface area (Å²) in [6, 6.07) is 18.1.